The van der Waals surface area contributed by atoms with E-state index >= 15 is 0 Å². The number of thiazole rings is 1. The van der Waals surface area contributed by atoms with Gasteiger partial charge in [-0.3, -0.25) is 14.1 Å². The molecule has 5 heterocycles. The van der Waals surface area contributed by atoms with E-state index in [2.05, 4.69) is 44.3 Å². The van der Waals surface area contributed by atoms with Crippen LogP contribution in [0.5, 0.6) is 0 Å². The third kappa shape index (κ3) is 5.56. The van der Waals surface area contributed by atoms with Gasteiger partial charge < -0.3 is 14.6 Å². The van der Waals surface area contributed by atoms with E-state index in [1.165, 1.54) is 17.7 Å². The van der Waals surface area contributed by atoms with Gasteiger partial charge >= 0.3 is 0 Å². The summed E-state index contributed by atoms with van der Waals surface area (Å²) in [5.41, 5.74) is 4.92. The maximum absolute atomic E-state index is 13.4. The lowest BCUT2D eigenvalue weighted by Crippen LogP contribution is -2.42. The molecule has 1 atom stereocenters. The Morgan fingerprint density at radius 2 is 1.90 bits per heavy atom. The molecule has 2 aliphatic heterocycles. The van der Waals surface area contributed by atoms with Gasteiger partial charge in [0.05, 0.1) is 24.5 Å². The van der Waals surface area contributed by atoms with Gasteiger partial charge in [0.25, 0.3) is 0 Å². The predicted octanol–water partition coefficient (Wildman–Crippen LogP) is 5.63. The van der Waals surface area contributed by atoms with Crippen molar-refractivity contribution in [2.75, 3.05) is 44.7 Å². The minimum absolute atomic E-state index is 0.0348. The number of carbonyl (C=O) groups is 1. The van der Waals surface area contributed by atoms with Crippen molar-refractivity contribution in [2.24, 2.45) is 0 Å². The molecule has 0 aliphatic carbocycles. The fraction of sp³-hybridized carbons (Fsp3) is 0.419. The number of carbonyl (C=O) groups excluding carboxylic acids is 1. The number of piperidine rings is 1. The highest BCUT2D eigenvalue weighted by molar-refractivity contribution is 7.14. The zero-order valence-electron chi connectivity index (χ0n) is 23.5. The average molecular weight is 572 g/mol. The van der Waals surface area contributed by atoms with Crippen molar-refractivity contribution in [3.8, 4) is 11.3 Å². The van der Waals surface area contributed by atoms with E-state index in [-0.39, 0.29) is 17.8 Å². The quantitative estimate of drug-likeness (QED) is 0.269. The molecule has 0 N–H and O–H groups in total. The summed E-state index contributed by atoms with van der Waals surface area (Å²) in [6.07, 6.45) is 5.81. The third-order valence-electron chi connectivity index (χ3n) is 8.37. The SMILES string of the molecule is [C-]#[N+][C@H]1CCN(C(=O)CN2CCC(c3ccc4nc(CC)c(N(C)c5nc(-c6ccc(F)cc6)cs5)n4c3)CC2)C1. The molecule has 0 saturated carbocycles. The van der Waals surface area contributed by atoms with Crippen LogP contribution in [-0.4, -0.2) is 75.9 Å². The van der Waals surface area contributed by atoms with Gasteiger partial charge in [-0.25, -0.2) is 20.9 Å². The molecule has 0 bridgehead atoms. The highest BCUT2D eigenvalue weighted by Crippen LogP contribution is 2.35. The molecule has 1 aromatic carbocycles. The number of aromatic nitrogens is 3. The topological polar surface area (TPSA) is 61.3 Å². The zero-order valence-corrected chi connectivity index (χ0v) is 24.3. The Labute approximate surface area is 243 Å². The van der Waals surface area contributed by atoms with Gasteiger partial charge in [-0.1, -0.05) is 13.0 Å². The van der Waals surface area contributed by atoms with E-state index in [4.69, 9.17) is 16.5 Å². The standard InChI is InChI=1S/C31H34FN7OS/c1-4-26-30(36(3)31-35-27(20-41-31)22-5-8-24(32)9-6-22)39-17-23(7-10-28(39)34-26)21-11-14-37(15-12-21)19-29(40)38-16-13-25(18-38)33-2/h5-10,17,20-21,25H,4,11-16,18-19H2,1,3H3/t25-/m0/s1. The molecule has 41 heavy (non-hydrogen) atoms. The number of imidazole rings is 1. The number of nitrogens with zero attached hydrogens (tertiary/aromatic N) is 7. The van der Waals surface area contributed by atoms with E-state index in [1.807, 2.05) is 17.3 Å². The summed E-state index contributed by atoms with van der Waals surface area (Å²) in [4.78, 5) is 32.4. The lowest BCUT2D eigenvalue weighted by Gasteiger charge is -2.32. The largest absolute Gasteiger partial charge is 0.333 e. The molecule has 8 nitrogen and oxygen atoms in total. The van der Waals surface area contributed by atoms with Crippen molar-refractivity contribution < 1.29 is 9.18 Å². The Bertz CT molecular complexity index is 1580. The number of aryl methyl sites for hydroxylation is 1. The van der Waals surface area contributed by atoms with Crippen molar-refractivity contribution >= 4 is 33.8 Å². The number of fused-ring (bicyclic) bond motifs is 1. The van der Waals surface area contributed by atoms with E-state index < -0.39 is 0 Å². The van der Waals surface area contributed by atoms with Crippen LogP contribution in [-0.2, 0) is 11.2 Å². The maximum atomic E-state index is 13.4. The van der Waals surface area contributed by atoms with Gasteiger partial charge in [0.2, 0.25) is 11.9 Å². The van der Waals surface area contributed by atoms with E-state index in [0.29, 0.717) is 25.6 Å². The van der Waals surface area contributed by atoms with Crippen molar-refractivity contribution in [3.63, 3.8) is 0 Å². The van der Waals surface area contributed by atoms with Crippen LogP contribution >= 0.6 is 11.3 Å². The van der Waals surface area contributed by atoms with Crippen molar-refractivity contribution in [1.29, 1.82) is 0 Å². The summed E-state index contributed by atoms with van der Waals surface area (Å²) >= 11 is 1.56. The van der Waals surface area contributed by atoms with Crippen LogP contribution < -0.4 is 4.90 Å². The normalized spacial score (nSPS) is 18.2. The van der Waals surface area contributed by atoms with E-state index in [0.717, 1.165) is 72.3 Å². The number of anilines is 2. The number of rotatable bonds is 7. The van der Waals surface area contributed by atoms with Gasteiger partial charge in [-0.2, -0.15) is 0 Å². The summed E-state index contributed by atoms with van der Waals surface area (Å²) < 4.78 is 15.6. The molecule has 212 valence electrons. The van der Waals surface area contributed by atoms with Crippen LogP contribution in [0, 0.1) is 12.4 Å². The van der Waals surface area contributed by atoms with Crippen molar-refractivity contribution in [1.82, 2.24) is 24.2 Å². The fourth-order valence-electron chi connectivity index (χ4n) is 5.98. The highest BCUT2D eigenvalue weighted by Gasteiger charge is 2.31. The Morgan fingerprint density at radius 3 is 2.61 bits per heavy atom. The molecular weight excluding hydrogens is 537 g/mol. The second kappa shape index (κ2) is 11.6. The summed E-state index contributed by atoms with van der Waals surface area (Å²) in [6.45, 7) is 12.8. The second-order valence-electron chi connectivity index (χ2n) is 11.0. The number of benzene rings is 1. The Hall–Kier alpha value is -3.81. The number of pyridine rings is 1. The van der Waals surface area contributed by atoms with E-state index in [1.54, 1.807) is 23.5 Å². The van der Waals surface area contributed by atoms with Gasteiger partial charge in [-0.05, 0) is 74.2 Å². The summed E-state index contributed by atoms with van der Waals surface area (Å²) in [6, 6.07) is 10.7. The molecule has 0 unspecified atom stereocenters. The van der Waals surface area contributed by atoms with Gasteiger partial charge in [-0.15, -0.1) is 11.3 Å². The minimum atomic E-state index is -0.257. The van der Waals surface area contributed by atoms with E-state index in [9.17, 15) is 9.18 Å². The molecule has 0 radical (unpaired) electrons. The molecule has 2 fully saturated rings. The first kappa shape index (κ1) is 27.4. The van der Waals surface area contributed by atoms with Crippen LogP contribution in [0.15, 0.2) is 48.0 Å². The molecule has 4 aromatic rings. The van der Waals surface area contributed by atoms with Gasteiger partial charge in [0, 0.05) is 37.2 Å². The highest BCUT2D eigenvalue weighted by atomic mass is 32.1. The summed E-state index contributed by atoms with van der Waals surface area (Å²) in [5, 5.41) is 2.86. The Kier molecular flexibility index (Phi) is 7.73. The lowest BCUT2D eigenvalue weighted by molar-refractivity contribution is -0.131. The molecule has 1 amide bonds. The monoisotopic (exact) mass is 571 g/mol. The van der Waals surface area contributed by atoms with Crippen LogP contribution in [0.4, 0.5) is 15.3 Å². The Morgan fingerprint density at radius 1 is 1.12 bits per heavy atom. The first-order valence-electron chi connectivity index (χ1n) is 14.3. The summed E-state index contributed by atoms with van der Waals surface area (Å²) in [7, 11) is 2.03. The molecule has 3 aromatic heterocycles. The maximum Gasteiger partial charge on any atom is 0.242 e. The molecule has 0 spiro atoms. The number of halogens is 1. The van der Waals surface area contributed by atoms with Crippen LogP contribution in [0.1, 0.15) is 43.4 Å². The molecular formula is C31H34FN7OS. The number of likely N-dealkylation sites (tertiary alicyclic amines) is 2. The number of hydrogen-bond donors (Lipinski definition) is 0. The number of amides is 1. The molecule has 10 heteroatoms. The minimum Gasteiger partial charge on any atom is -0.333 e. The van der Waals surface area contributed by atoms with Crippen molar-refractivity contribution in [3.05, 3.63) is 76.5 Å². The molecule has 2 aliphatic rings. The summed E-state index contributed by atoms with van der Waals surface area (Å²) in [5.74, 6) is 1.32. The Balaban J connectivity index is 1.17. The van der Waals surface area contributed by atoms with Crippen LogP contribution in [0.3, 0.4) is 0 Å². The van der Waals surface area contributed by atoms with Gasteiger partial charge in [0.15, 0.2) is 5.13 Å². The smallest absolute Gasteiger partial charge is 0.242 e. The average Bonchev–Trinajstić information content (AvgIpc) is 3.76. The molecule has 2 saturated heterocycles. The zero-order chi connectivity index (χ0) is 28.5. The van der Waals surface area contributed by atoms with Gasteiger partial charge in [0.1, 0.15) is 17.3 Å². The first-order valence-corrected chi connectivity index (χ1v) is 15.1. The first-order chi connectivity index (χ1) is 19.9. The second-order valence-corrected chi connectivity index (χ2v) is 11.8. The molecule has 6 rings (SSSR count). The number of hydrogen-bond acceptors (Lipinski definition) is 6. The third-order valence-corrected chi connectivity index (χ3v) is 9.29. The fourth-order valence-corrected chi connectivity index (χ4v) is 6.78. The van der Waals surface area contributed by atoms with Crippen LogP contribution in [0.2, 0.25) is 0 Å². The van der Waals surface area contributed by atoms with Crippen molar-refractivity contribution in [2.45, 2.75) is 44.6 Å². The lowest BCUT2D eigenvalue weighted by atomic mass is 9.90. The van der Waals surface area contributed by atoms with Crippen LogP contribution in [0.25, 0.3) is 21.7 Å². The predicted molar refractivity (Wildman–Crippen MR) is 160 cm³/mol.